The Kier molecular flexibility index (Phi) is 6.54. The van der Waals surface area contributed by atoms with Gasteiger partial charge in [0.1, 0.15) is 5.60 Å². The Labute approximate surface area is 121 Å². The van der Waals surface area contributed by atoms with Crippen LogP contribution in [0.4, 0.5) is 4.39 Å². The molecule has 0 fully saturated rings. The summed E-state index contributed by atoms with van der Waals surface area (Å²) in [6.45, 7) is 3.85. The zero-order valence-electron chi connectivity index (χ0n) is 12.5. The molecule has 0 aliphatic carbocycles. The summed E-state index contributed by atoms with van der Waals surface area (Å²) in [7, 11) is 1.42. The molecule has 0 saturated carbocycles. The average Bonchev–Trinajstić information content (AvgIpc) is 2.42. The van der Waals surface area contributed by atoms with E-state index in [-0.39, 0.29) is 5.75 Å². The third kappa shape index (κ3) is 5.63. The fraction of sp³-hybridized carbons (Fsp3) is 0.529. The number of rotatable bonds is 6. The van der Waals surface area contributed by atoms with Crippen molar-refractivity contribution in [3.8, 4) is 17.6 Å². The van der Waals surface area contributed by atoms with Gasteiger partial charge in [-0.3, -0.25) is 0 Å². The van der Waals surface area contributed by atoms with E-state index in [4.69, 9.17) is 4.74 Å². The molecule has 110 valence electrons. The second-order valence-electron chi connectivity index (χ2n) is 5.18. The molecule has 0 saturated heterocycles. The smallest absolute Gasteiger partial charge is 0.166 e. The van der Waals surface area contributed by atoms with Crippen molar-refractivity contribution in [3.63, 3.8) is 0 Å². The fourth-order valence-electron chi connectivity index (χ4n) is 1.91. The number of aliphatic hydroxyl groups is 1. The van der Waals surface area contributed by atoms with Gasteiger partial charge in [0.2, 0.25) is 0 Å². The molecule has 0 heterocycles. The van der Waals surface area contributed by atoms with Crippen LogP contribution in [0.1, 0.15) is 51.5 Å². The topological polar surface area (TPSA) is 29.5 Å². The largest absolute Gasteiger partial charge is 0.494 e. The molecular weight excluding hydrogens is 255 g/mol. The zero-order valence-corrected chi connectivity index (χ0v) is 12.5. The number of unbranched alkanes of at least 4 members (excludes halogenated alkanes) is 3. The van der Waals surface area contributed by atoms with Crippen molar-refractivity contribution in [1.29, 1.82) is 0 Å². The number of methoxy groups -OCH3 is 1. The van der Waals surface area contributed by atoms with Crippen molar-refractivity contribution in [2.24, 2.45) is 0 Å². The van der Waals surface area contributed by atoms with Crippen molar-refractivity contribution in [1.82, 2.24) is 0 Å². The van der Waals surface area contributed by atoms with E-state index in [1.165, 1.54) is 32.1 Å². The van der Waals surface area contributed by atoms with E-state index in [1.54, 1.807) is 13.0 Å². The van der Waals surface area contributed by atoms with Gasteiger partial charge in [-0.05, 0) is 38.0 Å². The highest BCUT2D eigenvalue weighted by molar-refractivity contribution is 5.40. The van der Waals surface area contributed by atoms with Crippen LogP contribution in [0, 0.1) is 17.7 Å². The van der Waals surface area contributed by atoms with Gasteiger partial charge in [0.15, 0.2) is 11.6 Å². The second kappa shape index (κ2) is 7.91. The minimum absolute atomic E-state index is 0.196. The van der Waals surface area contributed by atoms with Crippen molar-refractivity contribution in [3.05, 3.63) is 29.6 Å². The zero-order chi connectivity index (χ0) is 15.0. The van der Waals surface area contributed by atoms with Crippen molar-refractivity contribution >= 4 is 0 Å². The quantitative estimate of drug-likeness (QED) is 0.631. The van der Waals surface area contributed by atoms with E-state index in [2.05, 4.69) is 18.8 Å². The first-order valence-electron chi connectivity index (χ1n) is 7.07. The molecule has 0 aliphatic rings. The Morgan fingerprint density at radius 1 is 1.30 bits per heavy atom. The highest BCUT2D eigenvalue weighted by Gasteiger charge is 2.15. The third-order valence-electron chi connectivity index (χ3n) is 3.15. The summed E-state index contributed by atoms with van der Waals surface area (Å²) in [5, 5.41) is 10.2. The molecule has 1 N–H and O–H groups in total. The number of hydrogen-bond acceptors (Lipinski definition) is 2. The molecule has 0 radical (unpaired) electrons. The van der Waals surface area contributed by atoms with Gasteiger partial charge in [0, 0.05) is 5.56 Å². The van der Waals surface area contributed by atoms with Crippen LogP contribution in [-0.4, -0.2) is 17.8 Å². The fourth-order valence-corrected chi connectivity index (χ4v) is 1.91. The van der Waals surface area contributed by atoms with Gasteiger partial charge >= 0.3 is 0 Å². The molecule has 1 aromatic carbocycles. The van der Waals surface area contributed by atoms with Gasteiger partial charge in [-0.2, -0.15) is 0 Å². The van der Waals surface area contributed by atoms with Crippen LogP contribution in [0.15, 0.2) is 18.2 Å². The lowest BCUT2D eigenvalue weighted by Gasteiger charge is -2.15. The van der Waals surface area contributed by atoms with E-state index >= 15 is 0 Å². The van der Waals surface area contributed by atoms with E-state index in [0.717, 1.165) is 12.8 Å². The summed E-state index contributed by atoms with van der Waals surface area (Å²) in [4.78, 5) is 0. The summed E-state index contributed by atoms with van der Waals surface area (Å²) < 4.78 is 18.4. The Balaban J connectivity index is 2.65. The molecule has 0 amide bonds. The van der Waals surface area contributed by atoms with Crippen LogP contribution < -0.4 is 4.74 Å². The van der Waals surface area contributed by atoms with Crippen molar-refractivity contribution < 1.29 is 14.2 Å². The summed E-state index contributed by atoms with van der Waals surface area (Å²) in [6.07, 6.45) is 5.03. The van der Waals surface area contributed by atoms with Gasteiger partial charge in [-0.1, -0.05) is 38.0 Å². The Hall–Kier alpha value is -1.53. The molecule has 0 aromatic heterocycles. The maximum Gasteiger partial charge on any atom is 0.166 e. The average molecular weight is 278 g/mol. The van der Waals surface area contributed by atoms with Gasteiger partial charge in [-0.15, -0.1) is 0 Å². The minimum atomic E-state index is -1.02. The monoisotopic (exact) mass is 278 g/mol. The van der Waals surface area contributed by atoms with E-state index in [9.17, 15) is 9.50 Å². The number of benzene rings is 1. The highest BCUT2D eigenvalue weighted by atomic mass is 19.1. The molecule has 0 spiro atoms. The molecule has 1 rings (SSSR count). The number of hydrogen-bond donors (Lipinski definition) is 1. The van der Waals surface area contributed by atoms with Crippen LogP contribution in [0.25, 0.3) is 0 Å². The van der Waals surface area contributed by atoms with Crippen LogP contribution in [0.3, 0.4) is 0 Å². The first kappa shape index (κ1) is 16.5. The molecule has 1 aromatic rings. The van der Waals surface area contributed by atoms with Gasteiger partial charge in [0.05, 0.1) is 7.11 Å². The van der Waals surface area contributed by atoms with Crippen molar-refractivity contribution in [2.75, 3.05) is 7.11 Å². The molecule has 0 bridgehead atoms. The lowest BCUT2D eigenvalue weighted by molar-refractivity contribution is 0.109. The standard InChI is InChI=1S/C17H23FO2/c1-4-5-6-7-11-17(2,19)12-10-14-8-9-16(20-3)15(18)13-14/h8-9,13,19H,4-7,11H2,1-3H3. The first-order valence-corrected chi connectivity index (χ1v) is 7.07. The highest BCUT2D eigenvalue weighted by Crippen LogP contribution is 2.18. The minimum Gasteiger partial charge on any atom is -0.494 e. The van der Waals surface area contributed by atoms with Gasteiger partial charge in [0.25, 0.3) is 0 Å². The molecule has 1 atom stereocenters. The maximum atomic E-state index is 13.5. The molecule has 1 unspecified atom stereocenters. The lowest BCUT2D eigenvalue weighted by atomic mass is 9.98. The van der Waals surface area contributed by atoms with E-state index < -0.39 is 11.4 Å². The van der Waals surface area contributed by atoms with Gasteiger partial charge in [-0.25, -0.2) is 4.39 Å². The van der Waals surface area contributed by atoms with E-state index in [0.29, 0.717) is 12.0 Å². The number of halogens is 1. The SMILES string of the molecule is CCCCCCC(C)(O)C#Cc1ccc(OC)c(F)c1. The number of ether oxygens (including phenoxy) is 1. The summed E-state index contributed by atoms with van der Waals surface area (Å²) >= 11 is 0. The van der Waals surface area contributed by atoms with E-state index in [1.807, 2.05) is 0 Å². The third-order valence-corrected chi connectivity index (χ3v) is 3.15. The Morgan fingerprint density at radius 2 is 2.05 bits per heavy atom. The second-order valence-corrected chi connectivity index (χ2v) is 5.18. The van der Waals surface area contributed by atoms with Crippen LogP contribution >= 0.6 is 0 Å². The first-order chi connectivity index (χ1) is 9.48. The Bertz CT molecular complexity index is 483. The maximum absolute atomic E-state index is 13.5. The molecule has 0 aliphatic heterocycles. The predicted octanol–water partition coefficient (Wildman–Crippen LogP) is 3.91. The Morgan fingerprint density at radius 3 is 2.65 bits per heavy atom. The van der Waals surface area contributed by atoms with Crippen LogP contribution in [0.2, 0.25) is 0 Å². The molecular formula is C17H23FO2. The van der Waals surface area contributed by atoms with Gasteiger partial charge < -0.3 is 9.84 Å². The predicted molar refractivity (Wildman–Crippen MR) is 79.2 cm³/mol. The summed E-state index contributed by atoms with van der Waals surface area (Å²) in [5.41, 5.74) is -0.485. The summed E-state index contributed by atoms with van der Waals surface area (Å²) in [5.74, 6) is 5.39. The normalized spacial score (nSPS) is 13.2. The lowest BCUT2D eigenvalue weighted by Crippen LogP contribution is -2.21. The molecule has 3 heteroatoms. The van der Waals surface area contributed by atoms with Crippen molar-refractivity contribution in [2.45, 2.75) is 51.6 Å². The molecule has 2 nitrogen and oxygen atoms in total. The van der Waals surface area contributed by atoms with Crippen LogP contribution in [0.5, 0.6) is 5.75 Å². The molecule has 20 heavy (non-hydrogen) atoms. The summed E-state index contributed by atoms with van der Waals surface area (Å²) in [6, 6.07) is 4.54. The van der Waals surface area contributed by atoms with Crippen LogP contribution in [-0.2, 0) is 0 Å².